The van der Waals surface area contributed by atoms with Crippen LogP contribution in [0.15, 0.2) is 42.6 Å². The molecule has 92 valence electrons. The molecular formula is C14H13NO3. The van der Waals surface area contributed by atoms with Gasteiger partial charge in [-0.2, -0.15) is 0 Å². The summed E-state index contributed by atoms with van der Waals surface area (Å²) in [4.78, 5) is 14.9. The normalized spacial score (nSPS) is 10.1. The standard InChI is InChI=1S/C14H13NO3/c1-18-13-5-3-2-4-11(13)12-8-10(6-7-15-12)9-14(16)17/h2-8H,9H2,1H3,(H,16,17). The SMILES string of the molecule is COc1ccccc1-c1cc(CC(=O)O)ccn1. The predicted molar refractivity (Wildman–Crippen MR) is 67.6 cm³/mol. The zero-order valence-electron chi connectivity index (χ0n) is 9.96. The van der Waals surface area contributed by atoms with Crippen LogP contribution in [0.4, 0.5) is 0 Å². The van der Waals surface area contributed by atoms with Gasteiger partial charge in [0.1, 0.15) is 5.75 Å². The molecule has 0 bridgehead atoms. The van der Waals surface area contributed by atoms with Crippen LogP contribution in [-0.4, -0.2) is 23.2 Å². The summed E-state index contributed by atoms with van der Waals surface area (Å²) in [7, 11) is 1.60. The number of nitrogens with zero attached hydrogens (tertiary/aromatic N) is 1. The Bertz CT molecular complexity index is 566. The Labute approximate surface area is 105 Å². The fraction of sp³-hybridized carbons (Fsp3) is 0.143. The molecule has 0 saturated heterocycles. The van der Waals surface area contributed by atoms with Crippen LogP contribution in [0, 0.1) is 0 Å². The molecule has 0 atom stereocenters. The number of rotatable bonds is 4. The molecule has 0 aliphatic carbocycles. The van der Waals surface area contributed by atoms with Crippen LogP contribution < -0.4 is 4.74 Å². The number of carboxylic acid groups (broad SMARTS) is 1. The molecule has 0 amide bonds. The van der Waals surface area contributed by atoms with E-state index in [9.17, 15) is 4.79 Å². The third kappa shape index (κ3) is 2.66. The van der Waals surface area contributed by atoms with E-state index >= 15 is 0 Å². The monoisotopic (exact) mass is 243 g/mol. The number of hydrogen-bond donors (Lipinski definition) is 1. The van der Waals surface area contributed by atoms with Crippen LogP contribution in [0.3, 0.4) is 0 Å². The number of methoxy groups -OCH3 is 1. The molecule has 0 unspecified atom stereocenters. The first-order valence-corrected chi connectivity index (χ1v) is 5.51. The summed E-state index contributed by atoms with van der Waals surface area (Å²) in [5, 5.41) is 8.78. The number of benzene rings is 1. The lowest BCUT2D eigenvalue weighted by atomic mass is 10.1. The summed E-state index contributed by atoms with van der Waals surface area (Å²) in [6.45, 7) is 0. The van der Waals surface area contributed by atoms with Gasteiger partial charge < -0.3 is 9.84 Å². The van der Waals surface area contributed by atoms with E-state index in [-0.39, 0.29) is 6.42 Å². The fourth-order valence-corrected chi connectivity index (χ4v) is 1.76. The first-order valence-electron chi connectivity index (χ1n) is 5.51. The third-order valence-corrected chi connectivity index (χ3v) is 2.56. The van der Waals surface area contributed by atoms with Crippen LogP contribution >= 0.6 is 0 Å². The minimum absolute atomic E-state index is 0.00926. The highest BCUT2D eigenvalue weighted by Crippen LogP contribution is 2.28. The number of carbonyl (C=O) groups is 1. The molecule has 0 radical (unpaired) electrons. The number of hydrogen-bond acceptors (Lipinski definition) is 3. The van der Waals surface area contributed by atoms with Crippen molar-refractivity contribution in [1.29, 1.82) is 0 Å². The maximum atomic E-state index is 10.7. The molecule has 1 N–H and O–H groups in total. The fourth-order valence-electron chi connectivity index (χ4n) is 1.76. The molecule has 1 aromatic carbocycles. The van der Waals surface area contributed by atoms with Crippen LogP contribution in [0.5, 0.6) is 5.75 Å². The van der Waals surface area contributed by atoms with Gasteiger partial charge in [0, 0.05) is 11.8 Å². The zero-order chi connectivity index (χ0) is 13.0. The van der Waals surface area contributed by atoms with E-state index in [2.05, 4.69) is 4.98 Å². The van der Waals surface area contributed by atoms with Gasteiger partial charge >= 0.3 is 5.97 Å². The molecule has 2 rings (SSSR count). The van der Waals surface area contributed by atoms with Crippen molar-refractivity contribution in [2.24, 2.45) is 0 Å². The van der Waals surface area contributed by atoms with E-state index < -0.39 is 5.97 Å². The maximum absolute atomic E-state index is 10.7. The van der Waals surface area contributed by atoms with Crippen LogP contribution in [0.2, 0.25) is 0 Å². The van der Waals surface area contributed by atoms with Gasteiger partial charge in [-0.3, -0.25) is 9.78 Å². The van der Waals surface area contributed by atoms with Gasteiger partial charge in [-0.05, 0) is 29.8 Å². The Kier molecular flexibility index (Phi) is 3.57. The van der Waals surface area contributed by atoms with E-state index in [0.717, 1.165) is 16.9 Å². The Hall–Kier alpha value is -2.36. The molecule has 0 aliphatic rings. The second kappa shape index (κ2) is 5.31. The molecule has 0 fully saturated rings. The summed E-state index contributed by atoms with van der Waals surface area (Å²) < 4.78 is 5.26. The summed E-state index contributed by atoms with van der Waals surface area (Å²) in [5.41, 5.74) is 2.29. The first kappa shape index (κ1) is 12.1. The van der Waals surface area contributed by atoms with Crippen molar-refractivity contribution in [3.05, 3.63) is 48.2 Å². The molecule has 0 saturated carbocycles. The van der Waals surface area contributed by atoms with Gasteiger partial charge in [0.25, 0.3) is 0 Å². The average Bonchev–Trinajstić information content (AvgIpc) is 2.38. The Morgan fingerprint density at radius 3 is 2.83 bits per heavy atom. The molecule has 1 heterocycles. The number of aliphatic carboxylic acids is 1. The number of carboxylic acids is 1. The first-order chi connectivity index (χ1) is 8.70. The van der Waals surface area contributed by atoms with Crippen molar-refractivity contribution in [2.45, 2.75) is 6.42 Å². The van der Waals surface area contributed by atoms with E-state index in [1.54, 1.807) is 25.4 Å². The quantitative estimate of drug-likeness (QED) is 0.895. The zero-order valence-corrected chi connectivity index (χ0v) is 9.96. The number of para-hydroxylation sites is 1. The smallest absolute Gasteiger partial charge is 0.307 e. The largest absolute Gasteiger partial charge is 0.496 e. The van der Waals surface area contributed by atoms with Gasteiger partial charge in [0.15, 0.2) is 0 Å². The lowest BCUT2D eigenvalue weighted by molar-refractivity contribution is -0.136. The Morgan fingerprint density at radius 2 is 2.11 bits per heavy atom. The molecule has 4 nitrogen and oxygen atoms in total. The van der Waals surface area contributed by atoms with E-state index in [1.807, 2.05) is 24.3 Å². The number of pyridine rings is 1. The molecule has 0 spiro atoms. The van der Waals surface area contributed by atoms with Crippen molar-refractivity contribution in [1.82, 2.24) is 4.98 Å². The predicted octanol–water partition coefficient (Wildman–Crippen LogP) is 2.38. The second-order valence-electron chi connectivity index (χ2n) is 3.82. The summed E-state index contributed by atoms with van der Waals surface area (Å²) in [6, 6.07) is 11.0. The minimum Gasteiger partial charge on any atom is -0.496 e. The van der Waals surface area contributed by atoms with Crippen LogP contribution in [0.25, 0.3) is 11.3 Å². The number of aromatic nitrogens is 1. The van der Waals surface area contributed by atoms with Crippen LogP contribution in [-0.2, 0) is 11.2 Å². The molecule has 1 aromatic heterocycles. The van der Waals surface area contributed by atoms with E-state index in [0.29, 0.717) is 5.69 Å². The van der Waals surface area contributed by atoms with Crippen LogP contribution in [0.1, 0.15) is 5.56 Å². The molecule has 0 aliphatic heterocycles. The maximum Gasteiger partial charge on any atom is 0.307 e. The average molecular weight is 243 g/mol. The minimum atomic E-state index is -0.854. The van der Waals surface area contributed by atoms with E-state index in [4.69, 9.17) is 9.84 Å². The second-order valence-corrected chi connectivity index (χ2v) is 3.82. The van der Waals surface area contributed by atoms with Crippen molar-refractivity contribution in [3.63, 3.8) is 0 Å². The molecular weight excluding hydrogens is 230 g/mol. The van der Waals surface area contributed by atoms with Crippen molar-refractivity contribution in [2.75, 3.05) is 7.11 Å². The highest BCUT2D eigenvalue weighted by Gasteiger charge is 2.08. The Morgan fingerprint density at radius 1 is 1.33 bits per heavy atom. The van der Waals surface area contributed by atoms with Gasteiger partial charge in [-0.1, -0.05) is 12.1 Å². The van der Waals surface area contributed by atoms with Crippen molar-refractivity contribution < 1.29 is 14.6 Å². The third-order valence-electron chi connectivity index (χ3n) is 2.56. The van der Waals surface area contributed by atoms with E-state index in [1.165, 1.54) is 0 Å². The van der Waals surface area contributed by atoms with Crippen molar-refractivity contribution >= 4 is 5.97 Å². The molecule has 2 aromatic rings. The lowest BCUT2D eigenvalue weighted by Gasteiger charge is -2.08. The lowest BCUT2D eigenvalue weighted by Crippen LogP contribution is -2.00. The highest BCUT2D eigenvalue weighted by molar-refractivity contribution is 5.72. The van der Waals surface area contributed by atoms with Gasteiger partial charge in [-0.25, -0.2) is 0 Å². The number of ether oxygens (including phenoxy) is 1. The van der Waals surface area contributed by atoms with Gasteiger partial charge in [0.05, 0.1) is 19.2 Å². The summed E-state index contributed by atoms with van der Waals surface area (Å²) in [5.74, 6) is -0.135. The van der Waals surface area contributed by atoms with Gasteiger partial charge in [0.2, 0.25) is 0 Å². The molecule has 18 heavy (non-hydrogen) atoms. The Balaban J connectivity index is 2.41. The van der Waals surface area contributed by atoms with Crippen molar-refractivity contribution in [3.8, 4) is 17.0 Å². The van der Waals surface area contributed by atoms with Gasteiger partial charge in [-0.15, -0.1) is 0 Å². The highest BCUT2D eigenvalue weighted by atomic mass is 16.5. The summed E-state index contributed by atoms with van der Waals surface area (Å²) >= 11 is 0. The molecule has 4 heteroatoms. The summed E-state index contributed by atoms with van der Waals surface area (Å²) in [6.07, 6.45) is 1.60. The topological polar surface area (TPSA) is 59.4 Å².